The van der Waals surface area contributed by atoms with Gasteiger partial charge in [0.15, 0.2) is 29.6 Å². The number of amides is 1. The Kier molecular flexibility index (Phi) is 11.3. The number of nitrogens with one attached hydrogen (secondary N) is 1. The predicted molar refractivity (Wildman–Crippen MR) is 180 cm³/mol. The minimum atomic E-state index is -2.36. The number of aliphatic hydroxyl groups excluding tert-OH is 1. The van der Waals surface area contributed by atoms with Crippen molar-refractivity contribution in [2.45, 2.75) is 43.1 Å². The molecule has 1 aliphatic rings. The maximum atomic E-state index is 14.2. The molecule has 2 heterocycles. The summed E-state index contributed by atoms with van der Waals surface area (Å²) in [5.74, 6) is -13.4. The van der Waals surface area contributed by atoms with E-state index < -0.39 is 58.9 Å². The Morgan fingerprint density at radius 3 is 2.15 bits per heavy atom. The largest absolute Gasteiger partial charge is 0.478 e. The molecular formula is C38H29F5N2O6S. The molecule has 5 aromatic rings. The number of aliphatic hydroxyl groups is 1. The zero-order valence-electron chi connectivity index (χ0n) is 27.0. The first kappa shape index (κ1) is 36.6. The lowest BCUT2D eigenvalue weighted by Crippen LogP contribution is -2.31. The average Bonchev–Trinajstić information content (AvgIpc) is 3.18. The van der Waals surface area contributed by atoms with Gasteiger partial charge >= 0.3 is 5.97 Å². The molecule has 1 fully saturated rings. The van der Waals surface area contributed by atoms with Crippen molar-refractivity contribution >= 4 is 23.6 Å². The number of carboxylic acid groups (broad SMARTS) is 1. The second-order valence-corrected chi connectivity index (χ2v) is 12.8. The van der Waals surface area contributed by atoms with Crippen LogP contribution in [0.15, 0.2) is 96.2 Å². The van der Waals surface area contributed by atoms with E-state index in [0.29, 0.717) is 33.9 Å². The van der Waals surface area contributed by atoms with Crippen molar-refractivity contribution in [1.29, 1.82) is 0 Å². The number of aromatic nitrogens is 1. The van der Waals surface area contributed by atoms with Gasteiger partial charge in [0.05, 0.1) is 24.4 Å². The van der Waals surface area contributed by atoms with Crippen LogP contribution in [0.5, 0.6) is 0 Å². The molecule has 1 aromatic heterocycles. The van der Waals surface area contributed by atoms with Gasteiger partial charge in [-0.2, -0.15) is 0 Å². The van der Waals surface area contributed by atoms with E-state index in [1.54, 1.807) is 48.5 Å². The van der Waals surface area contributed by atoms with Crippen molar-refractivity contribution in [2.75, 3.05) is 5.75 Å². The molecule has 52 heavy (non-hydrogen) atoms. The molecular weight excluding hydrogens is 707 g/mol. The quantitative estimate of drug-likeness (QED) is 0.0543. The number of carboxylic acids is 1. The van der Waals surface area contributed by atoms with Gasteiger partial charge in [-0.25, -0.2) is 31.7 Å². The maximum Gasteiger partial charge on any atom is 0.338 e. The topological polar surface area (TPSA) is 118 Å². The molecule has 14 heteroatoms. The van der Waals surface area contributed by atoms with Crippen LogP contribution in [-0.2, 0) is 22.6 Å². The lowest BCUT2D eigenvalue weighted by Gasteiger charge is -2.36. The van der Waals surface area contributed by atoms with E-state index in [2.05, 4.69) is 10.3 Å². The second kappa shape index (κ2) is 16.0. The normalized spacial score (nSPS) is 17.2. The molecule has 6 rings (SSSR count). The minimum absolute atomic E-state index is 0.0827. The monoisotopic (exact) mass is 736 g/mol. The number of pyridine rings is 1. The molecule has 1 saturated heterocycles. The van der Waals surface area contributed by atoms with Gasteiger partial charge in [0, 0.05) is 30.5 Å². The van der Waals surface area contributed by atoms with Crippen LogP contribution in [0.25, 0.3) is 11.1 Å². The van der Waals surface area contributed by atoms with Crippen molar-refractivity contribution in [3.05, 3.63) is 154 Å². The van der Waals surface area contributed by atoms with Crippen molar-refractivity contribution in [1.82, 2.24) is 10.3 Å². The zero-order valence-corrected chi connectivity index (χ0v) is 27.8. The summed E-state index contributed by atoms with van der Waals surface area (Å²) in [5, 5.41) is 21.7. The van der Waals surface area contributed by atoms with Gasteiger partial charge in [-0.15, -0.1) is 11.8 Å². The molecule has 1 aliphatic heterocycles. The van der Waals surface area contributed by atoms with Crippen LogP contribution in [0, 0.1) is 29.1 Å². The van der Waals surface area contributed by atoms with Crippen molar-refractivity contribution < 1.29 is 51.2 Å². The number of hydrogen-bond acceptors (Lipinski definition) is 7. The number of benzene rings is 4. The predicted octanol–water partition coefficient (Wildman–Crippen LogP) is 7.90. The summed E-state index contributed by atoms with van der Waals surface area (Å²) in [7, 11) is 0. The lowest BCUT2D eigenvalue weighted by molar-refractivity contribution is -0.245. The summed E-state index contributed by atoms with van der Waals surface area (Å²) in [4.78, 5) is 28.5. The standard InChI is InChI=1S/C38H29F5N2O6S/c39-30-29(31(40)33(42)34(43)32(30)41)35(47)45-17-21-4-1-5-23(14-21)24-6-2-7-25(15-24)38-50-26(19-52-36-27(37(48)49)8-3-13-44-36)16-28(51-38)22-11-9-20(18-46)10-12-22/h1-15,26,28,38,46H,16-19H2,(H,45,47)(H,48,49). The van der Waals surface area contributed by atoms with Crippen LogP contribution in [0.4, 0.5) is 22.0 Å². The third-order valence-electron chi connectivity index (χ3n) is 8.33. The number of hydrogen-bond donors (Lipinski definition) is 3. The number of aromatic carboxylic acids is 1. The molecule has 0 saturated carbocycles. The summed E-state index contributed by atoms with van der Waals surface area (Å²) in [6.07, 6.45) is 0.343. The Balaban J connectivity index is 1.21. The van der Waals surface area contributed by atoms with Crippen molar-refractivity contribution in [3.8, 4) is 11.1 Å². The van der Waals surface area contributed by atoms with Gasteiger partial charge in [0.2, 0.25) is 5.82 Å². The Hall–Kier alpha value is -5.15. The Bertz CT molecular complexity index is 2090. The summed E-state index contributed by atoms with van der Waals surface area (Å²) >= 11 is 1.26. The Labute approximate surface area is 298 Å². The number of carbonyl (C=O) groups is 2. The van der Waals surface area contributed by atoms with E-state index in [-0.39, 0.29) is 24.8 Å². The lowest BCUT2D eigenvalue weighted by atomic mass is 9.99. The van der Waals surface area contributed by atoms with Crippen LogP contribution < -0.4 is 5.32 Å². The van der Waals surface area contributed by atoms with Crippen LogP contribution in [-0.4, -0.2) is 38.9 Å². The van der Waals surface area contributed by atoms with E-state index in [4.69, 9.17) is 9.47 Å². The molecule has 0 radical (unpaired) electrons. The van der Waals surface area contributed by atoms with Crippen LogP contribution >= 0.6 is 11.8 Å². The third kappa shape index (κ3) is 8.00. The van der Waals surface area contributed by atoms with E-state index in [0.717, 1.165) is 16.7 Å². The average molecular weight is 737 g/mol. The molecule has 1 amide bonds. The molecule has 3 unspecified atom stereocenters. The van der Waals surface area contributed by atoms with Gasteiger partial charge in [-0.3, -0.25) is 4.79 Å². The summed E-state index contributed by atoms with van der Waals surface area (Å²) in [6.45, 7) is -0.394. The Morgan fingerprint density at radius 1 is 0.788 bits per heavy atom. The summed E-state index contributed by atoms with van der Waals surface area (Å²) in [5.41, 5.74) is 2.65. The minimum Gasteiger partial charge on any atom is -0.478 e. The summed E-state index contributed by atoms with van der Waals surface area (Å²) < 4.78 is 81.9. The smallest absolute Gasteiger partial charge is 0.338 e. The van der Waals surface area contributed by atoms with E-state index >= 15 is 0 Å². The maximum absolute atomic E-state index is 14.2. The van der Waals surface area contributed by atoms with E-state index in [9.17, 15) is 41.8 Å². The zero-order chi connectivity index (χ0) is 36.9. The first-order valence-corrected chi connectivity index (χ1v) is 16.8. The number of ether oxygens (including phenoxy) is 2. The Morgan fingerprint density at radius 2 is 1.46 bits per heavy atom. The fourth-order valence-electron chi connectivity index (χ4n) is 5.66. The van der Waals surface area contributed by atoms with E-state index in [1.165, 1.54) is 24.0 Å². The van der Waals surface area contributed by atoms with Crippen LogP contribution in [0.3, 0.4) is 0 Å². The number of thioether (sulfide) groups is 1. The van der Waals surface area contributed by atoms with Gasteiger partial charge in [0.1, 0.15) is 10.6 Å². The fourth-order valence-corrected chi connectivity index (χ4v) is 6.67. The van der Waals surface area contributed by atoms with Crippen molar-refractivity contribution in [3.63, 3.8) is 0 Å². The molecule has 8 nitrogen and oxygen atoms in total. The molecule has 0 bridgehead atoms. The number of carbonyl (C=O) groups excluding carboxylic acids is 1. The fraction of sp³-hybridized carbons (Fsp3) is 0.184. The molecule has 4 aromatic carbocycles. The first-order chi connectivity index (χ1) is 25.0. The number of nitrogens with zero attached hydrogens (tertiary/aromatic N) is 1. The number of halogens is 5. The second-order valence-electron chi connectivity index (χ2n) is 11.8. The molecule has 3 N–H and O–H groups in total. The highest BCUT2D eigenvalue weighted by atomic mass is 32.2. The van der Waals surface area contributed by atoms with E-state index in [1.807, 2.05) is 30.3 Å². The molecule has 3 atom stereocenters. The van der Waals surface area contributed by atoms with Gasteiger partial charge in [-0.05, 0) is 52.1 Å². The van der Waals surface area contributed by atoms with Crippen molar-refractivity contribution in [2.24, 2.45) is 0 Å². The van der Waals surface area contributed by atoms with Gasteiger partial charge in [-0.1, -0.05) is 60.7 Å². The van der Waals surface area contributed by atoms with Gasteiger partial charge < -0.3 is 25.0 Å². The highest BCUT2D eigenvalue weighted by Crippen LogP contribution is 2.40. The highest BCUT2D eigenvalue weighted by Gasteiger charge is 2.33. The highest BCUT2D eigenvalue weighted by molar-refractivity contribution is 7.99. The third-order valence-corrected chi connectivity index (χ3v) is 9.47. The summed E-state index contributed by atoms with van der Waals surface area (Å²) in [6, 6.07) is 24.5. The molecule has 0 aliphatic carbocycles. The first-order valence-electron chi connectivity index (χ1n) is 15.8. The number of rotatable bonds is 11. The molecule has 0 spiro atoms. The van der Waals surface area contributed by atoms with Crippen LogP contribution in [0.2, 0.25) is 0 Å². The van der Waals surface area contributed by atoms with Gasteiger partial charge in [0.25, 0.3) is 5.91 Å². The molecule has 268 valence electrons. The SMILES string of the molecule is O=C(O)c1cccnc1SCC1CC(c2ccc(CO)cc2)OC(c2cccc(-c3cccc(CNC(=O)c4c(F)c(F)c(F)c(F)c4F)c3)c2)O1. The van der Waals surface area contributed by atoms with Crippen LogP contribution in [0.1, 0.15) is 61.8 Å².